The van der Waals surface area contributed by atoms with Crippen LogP contribution in [0.2, 0.25) is 0 Å². The number of aryl methyl sites for hydroxylation is 1. The van der Waals surface area contributed by atoms with Gasteiger partial charge in [0.25, 0.3) is 17.7 Å². The van der Waals surface area contributed by atoms with Crippen LogP contribution in [-0.2, 0) is 4.74 Å². The van der Waals surface area contributed by atoms with Crippen LogP contribution < -0.4 is 5.32 Å². The fourth-order valence-electron chi connectivity index (χ4n) is 3.34. The first kappa shape index (κ1) is 20.1. The summed E-state index contributed by atoms with van der Waals surface area (Å²) in [6.45, 7) is 1.50. The van der Waals surface area contributed by atoms with Crippen LogP contribution in [0.3, 0.4) is 0 Å². The summed E-state index contributed by atoms with van der Waals surface area (Å²) in [4.78, 5) is 50.8. The van der Waals surface area contributed by atoms with Gasteiger partial charge in [0, 0.05) is 0 Å². The molecule has 31 heavy (non-hydrogen) atoms. The number of furan rings is 1. The molecule has 0 fully saturated rings. The van der Waals surface area contributed by atoms with Gasteiger partial charge in [-0.3, -0.25) is 19.3 Å². The maximum Gasteiger partial charge on any atom is 0.340 e. The minimum atomic E-state index is -0.685. The van der Waals surface area contributed by atoms with E-state index < -0.39 is 23.7 Å². The van der Waals surface area contributed by atoms with E-state index >= 15 is 0 Å². The van der Waals surface area contributed by atoms with Crippen molar-refractivity contribution in [2.24, 2.45) is 0 Å². The Bertz CT molecular complexity index is 1150. The molecular formula is C23H18N2O6. The average molecular weight is 418 g/mol. The van der Waals surface area contributed by atoms with E-state index in [1.165, 1.54) is 18.4 Å². The molecule has 0 unspecified atom stereocenters. The molecule has 2 heterocycles. The van der Waals surface area contributed by atoms with Crippen LogP contribution in [0.25, 0.3) is 0 Å². The van der Waals surface area contributed by atoms with Gasteiger partial charge in [-0.15, -0.1) is 0 Å². The molecule has 1 aliphatic heterocycles. The van der Waals surface area contributed by atoms with Crippen molar-refractivity contribution in [3.8, 4) is 0 Å². The molecule has 1 aromatic heterocycles. The van der Waals surface area contributed by atoms with E-state index in [4.69, 9.17) is 9.15 Å². The number of hydrogen-bond acceptors (Lipinski definition) is 6. The number of ether oxygens (including phenoxy) is 1. The van der Waals surface area contributed by atoms with E-state index in [9.17, 15) is 19.2 Å². The van der Waals surface area contributed by atoms with E-state index in [1.54, 1.807) is 49.4 Å². The van der Waals surface area contributed by atoms with Crippen molar-refractivity contribution >= 4 is 29.4 Å². The molecule has 2 aromatic carbocycles. The second-order valence-corrected chi connectivity index (χ2v) is 6.87. The van der Waals surface area contributed by atoms with Gasteiger partial charge in [0.15, 0.2) is 5.76 Å². The Hall–Kier alpha value is -4.20. The molecule has 0 bridgehead atoms. The average Bonchev–Trinajstić information content (AvgIpc) is 3.39. The van der Waals surface area contributed by atoms with Crippen molar-refractivity contribution in [1.29, 1.82) is 0 Å². The lowest BCUT2D eigenvalue weighted by Gasteiger charge is -2.15. The summed E-state index contributed by atoms with van der Waals surface area (Å²) in [5.74, 6) is -1.92. The molecule has 3 aromatic rings. The van der Waals surface area contributed by atoms with Crippen molar-refractivity contribution in [3.63, 3.8) is 0 Å². The van der Waals surface area contributed by atoms with Crippen molar-refractivity contribution < 1.29 is 28.3 Å². The molecule has 4 rings (SSSR count). The van der Waals surface area contributed by atoms with Crippen LogP contribution in [-0.4, -0.2) is 41.7 Å². The first-order valence-corrected chi connectivity index (χ1v) is 9.54. The molecule has 8 nitrogen and oxygen atoms in total. The monoisotopic (exact) mass is 418 g/mol. The van der Waals surface area contributed by atoms with Crippen LogP contribution in [0.1, 0.15) is 47.2 Å². The van der Waals surface area contributed by atoms with E-state index in [-0.39, 0.29) is 24.5 Å². The fraction of sp³-hybridized carbons (Fsp3) is 0.130. The molecule has 0 saturated heterocycles. The number of imide groups is 1. The number of carbonyl (C=O) groups is 4. The van der Waals surface area contributed by atoms with Gasteiger partial charge < -0.3 is 14.5 Å². The van der Waals surface area contributed by atoms with Crippen LogP contribution in [0.5, 0.6) is 0 Å². The number of amides is 3. The van der Waals surface area contributed by atoms with E-state index in [2.05, 4.69) is 5.32 Å². The lowest BCUT2D eigenvalue weighted by atomic mass is 10.1. The van der Waals surface area contributed by atoms with E-state index in [1.807, 2.05) is 0 Å². The molecule has 1 N–H and O–H groups in total. The Kier molecular flexibility index (Phi) is 5.36. The lowest BCUT2D eigenvalue weighted by Crippen LogP contribution is -2.33. The summed E-state index contributed by atoms with van der Waals surface area (Å²) >= 11 is 0. The number of fused-ring (bicyclic) bond motifs is 1. The Balaban J connectivity index is 1.43. The number of benzene rings is 2. The fourth-order valence-corrected chi connectivity index (χ4v) is 3.34. The molecule has 0 radical (unpaired) electrons. The number of para-hydroxylation sites is 1. The number of nitrogens with one attached hydrogen (secondary N) is 1. The van der Waals surface area contributed by atoms with Gasteiger partial charge in [-0.05, 0) is 42.8 Å². The Morgan fingerprint density at radius 2 is 1.68 bits per heavy atom. The minimum Gasteiger partial charge on any atom is -0.460 e. The molecule has 8 heteroatoms. The molecule has 156 valence electrons. The summed E-state index contributed by atoms with van der Waals surface area (Å²) in [5, 5.41) is 2.67. The van der Waals surface area contributed by atoms with Gasteiger partial charge in [-0.25, -0.2) is 4.79 Å². The first-order valence-electron chi connectivity index (χ1n) is 9.54. The number of hydrogen-bond donors (Lipinski definition) is 1. The third-order valence-electron chi connectivity index (χ3n) is 4.90. The van der Waals surface area contributed by atoms with Crippen LogP contribution in [0, 0.1) is 6.92 Å². The summed E-state index contributed by atoms with van der Waals surface area (Å²) in [5.41, 5.74) is 1.78. The van der Waals surface area contributed by atoms with Crippen molar-refractivity contribution in [2.45, 2.75) is 6.92 Å². The first-order chi connectivity index (χ1) is 15.0. The second kappa shape index (κ2) is 8.27. The van der Waals surface area contributed by atoms with Crippen molar-refractivity contribution in [2.75, 3.05) is 18.5 Å². The molecule has 0 aliphatic carbocycles. The Labute approximate surface area is 177 Å². The van der Waals surface area contributed by atoms with Crippen LogP contribution in [0.15, 0.2) is 65.3 Å². The summed E-state index contributed by atoms with van der Waals surface area (Å²) < 4.78 is 10.4. The third-order valence-corrected chi connectivity index (χ3v) is 4.90. The number of carbonyl (C=O) groups excluding carboxylic acids is 4. The smallest absolute Gasteiger partial charge is 0.340 e. The van der Waals surface area contributed by atoms with Crippen LogP contribution >= 0.6 is 0 Å². The highest BCUT2D eigenvalue weighted by atomic mass is 16.5. The molecule has 0 spiro atoms. The lowest BCUT2D eigenvalue weighted by molar-refractivity contribution is 0.0421. The largest absolute Gasteiger partial charge is 0.460 e. The summed E-state index contributed by atoms with van der Waals surface area (Å²) in [7, 11) is 0. The topological polar surface area (TPSA) is 106 Å². The Morgan fingerprint density at radius 3 is 2.32 bits per heavy atom. The van der Waals surface area contributed by atoms with Gasteiger partial charge in [0.05, 0.1) is 35.2 Å². The zero-order chi connectivity index (χ0) is 22.0. The highest BCUT2D eigenvalue weighted by molar-refractivity contribution is 6.21. The zero-order valence-electron chi connectivity index (χ0n) is 16.6. The molecular weight excluding hydrogens is 400 g/mol. The molecule has 1 aliphatic rings. The van der Waals surface area contributed by atoms with Gasteiger partial charge in [0.1, 0.15) is 6.61 Å². The van der Waals surface area contributed by atoms with E-state index in [0.29, 0.717) is 22.4 Å². The summed E-state index contributed by atoms with van der Waals surface area (Å²) in [6.07, 6.45) is 1.38. The number of anilines is 1. The summed E-state index contributed by atoms with van der Waals surface area (Å²) in [6, 6.07) is 14.6. The number of esters is 1. The SMILES string of the molecule is Cc1cccc(C(=O)OCCN2C(=O)c3ccccc3C2=O)c1NC(=O)c1ccco1. The van der Waals surface area contributed by atoms with Crippen molar-refractivity contribution in [3.05, 3.63) is 88.9 Å². The standard InChI is InChI=1S/C23H18N2O6/c1-14-6-4-9-17(19(14)24-20(26)18-10-5-12-30-18)23(29)31-13-11-25-21(27)15-7-2-3-8-16(15)22(25)28/h2-10,12H,11,13H2,1H3,(H,24,26). The van der Waals surface area contributed by atoms with Gasteiger partial charge >= 0.3 is 5.97 Å². The minimum absolute atomic E-state index is 0.0714. The molecule has 0 saturated carbocycles. The quantitative estimate of drug-likeness (QED) is 0.486. The third kappa shape index (κ3) is 3.83. The number of nitrogens with zero attached hydrogens (tertiary/aromatic N) is 1. The van der Waals surface area contributed by atoms with Crippen LogP contribution in [0.4, 0.5) is 5.69 Å². The Morgan fingerprint density at radius 1 is 0.968 bits per heavy atom. The molecule has 3 amide bonds. The predicted molar refractivity (Wildman–Crippen MR) is 110 cm³/mol. The number of rotatable bonds is 6. The second-order valence-electron chi connectivity index (χ2n) is 6.87. The van der Waals surface area contributed by atoms with Gasteiger partial charge in [0.2, 0.25) is 0 Å². The van der Waals surface area contributed by atoms with Gasteiger partial charge in [-0.1, -0.05) is 24.3 Å². The normalized spacial score (nSPS) is 12.6. The van der Waals surface area contributed by atoms with Gasteiger partial charge in [-0.2, -0.15) is 0 Å². The maximum atomic E-state index is 12.7. The van der Waals surface area contributed by atoms with Crippen molar-refractivity contribution in [1.82, 2.24) is 4.90 Å². The highest BCUT2D eigenvalue weighted by Gasteiger charge is 2.35. The predicted octanol–water partition coefficient (Wildman–Crippen LogP) is 3.29. The zero-order valence-corrected chi connectivity index (χ0v) is 16.6. The highest BCUT2D eigenvalue weighted by Crippen LogP contribution is 2.24. The maximum absolute atomic E-state index is 12.7. The van der Waals surface area contributed by atoms with E-state index in [0.717, 1.165) is 4.90 Å². The molecule has 0 atom stereocenters.